The van der Waals surface area contributed by atoms with Crippen LogP contribution in [0.25, 0.3) is 0 Å². The summed E-state index contributed by atoms with van der Waals surface area (Å²) in [5.74, 6) is 0. The normalized spacial score (nSPS) is 10.8. The Morgan fingerprint density at radius 2 is 1.69 bits per heavy atom. The second kappa shape index (κ2) is 13.7. The molecule has 73 valence electrons. The van der Waals surface area contributed by atoms with E-state index in [2.05, 4.69) is 11.4 Å². The van der Waals surface area contributed by atoms with Crippen molar-refractivity contribution in [2.24, 2.45) is 0 Å². The van der Waals surface area contributed by atoms with E-state index in [-0.39, 0.29) is 51.4 Å². The number of rotatable bonds is 8. The van der Waals surface area contributed by atoms with Crippen molar-refractivity contribution >= 4 is 59.6 Å². The predicted molar refractivity (Wildman–Crippen MR) is 54.9 cm³/mol. The summed E-state index contributed by atoms with van der Waals surface area (Å²) in [7, 11) is -2.38. The average Bonchev–Trinajstić information content (AvgIpc) is 2.02. The molecule has 0 aliphatic rings. The summed E-state index contributed by atoms with van der Waals surface area (Å²) in [5.41, 5.74) is 0. The summed E-state index contributed by atoms with van der Waals surface area (Å²) in [6.07, 6.45) is 7.00. The monoisotopic (exact) mass is 232 g/mol. The summed E-state index contributed by atoms with van der Waals surface area (Å²) in [4.78, 5) is 8.28. The Labute approximate surface area is 124 Å². The molecule has 0 fully saturated rings. The first-order valence-electron chi connectivity index (χ1n) is 4.56. The molecule has 0 aromatic rings. The summed E-state index contributed by atoms with van der Waals surface area (Å²) < 4.78 is 14.6. The van der Waals surface area contributed by atoms with Crippen molar-refractivity contribution in [3.63, 3.8) is 0 Å². The Balaban J connectivity index is 0. The molecule has 0 aliphatic heterocycles. The second-order valence-corrected chi connectivity index (χ2v) is 3.57. The van der Waals surface area contributed by atoms with Crippen molar-refractivity contribution < 1.29 is 14.0 Å². The molecule has 13 heavy (non-hydrogen) atoms. The predicted octanol–water partition coefficient (Wildman–Crippen LogP) is 2.63. The van der Waals surface area contributed by atoms with Gasteiger partial charge < -0.3 is 0 Å². The van der Waals surface area contributed by atoms with E-state index < -0.39 is 8.25 Å². The van der Waals surface area contributed by atoms with Crippen LogP contribution in [0.5, 0.6) is 0 Å². The molecule has 0 saturated heterocycles. The Morgan fingerprint density at radius 3 is 2.23 bits per heavy atom. The first-order chi connectivity index (χ1) is 5.77. The molecule has 0 aliphatic carbocycles. The van der Waals surface area contributed by atoms with Crippen molar-refractivity contribution in [2.75, 3.05) is 6.61 Å². The van der Waals surface area contributed by atoms with Crippen LogP contribution in [0.2, 0.25) is 0 Å². The zero-order valence-corrected chi connectivity index (χ0v) is 12.7. The van der Waals surface area contributed by atoms with Gasteiger partial charge in [-0.05, 0) is 6.42 Å². The molecular formula is C8H18KO3P+. The zero-order chi connectivity index (χ0) is 9.23. The molecule has 0 heterocycles. The molecule has 5 heteroatoms. The Kier molecular flexibility index (Phi) is 17.9. The largest absolute Gasteiger partial charge is 0.694 e. The summed E-state index contributed by atoms with van der Waals surface area (Å²) in [6.45, 7) is 2.59. The van der Waals surface area contributed by atoms with Crippen LogP contribution in [0.3, 0.4) is 0 Å². The molecule has 0 saturated carbocycles. The molecule has 0 rings (SSSR count). The van der Waals surface area contributed by atoms with E-state index in [1.807, 2.05) is 0 Å². The molecule has 3 nitrogen and oxygen atoms in total. The average molecular weight is 232 g/mol. The van der Waals surface area contributed by atoms with Gasteiger partial charge in [0.2, 0.25) is 0 Å². The Morgan fingerprint density at radius 1 is 1.15 bits per heavy atom. The topological polar surface area (TPSA) is 46.5 Å². The van der Waals surface area contributed by atoms with E-state index in [1.54, 1.807) is 0 Å². The summed E-state index contributed by atoms with van der Waals surface area (Å²) in [5, 5.41) is 0. The molecular weight excluding hydrogens is 214 g/mol. The fraction of sp³-hybridized carbons (Fsp3) is 1.00. The van der Waals surface area contributed by atoms with Gasteiger partial charge in [0.15, 0.2) is 0 Å². The molecule has 1 radical (unpaired) electrons. The van der Waals surface area contributed by atoms with E-state index >= 15 is 0 Å². The molecule has 0 amide bonds. The number of hydrogen-bond acceptors (Lipinski definition) is 2. The summed E-state index contributed by atoms with van der Waals surface area (Å²) in [6, 6.07) is 0. The van der Waals surface area contributed by atoms with E-state index in [1.165, 1.54) is 25.7 Å². The minimum Gasteiger partial charge on any atom is -0.133 e. The van der Waals surface area contributed by atoms with Crippen LogP contribution >= 0.6 is 8.25 Å². The van der Waals surface area contributed by atoms with Crippen LogP contribution in [-0.2, 0) is 9.09 Å². The van der Waals surface area contributed by atoms with E-state index in [0.717, 1.165) is 12.8 Å². The van der Waals surface area contributed by atoms with Crippen molar-refractivity contribution in [3.8, 4) is 0 Å². The van der Waals surface area contributed by atoms with Gasteiger partial charge in [-0.1, -0.05) is 39.0 Å². The Bertz CT molecular complexity index is 122. The number of unbranched alkanes of at least 4 members (excludes halogenated alkanes) is 5. The van der Waals surface area contributed by atoms with Crippen LogP contribution in [-0.4, -0.2) is 62.9 Å². The maximum atomic E-state index is 10.1. The first kappa shape index (κ1) is 17.1. The first-order valence-corrected chi connectivity index (χ1v) is 5.69. The van der Waals surface area contributed by atoms with Gasteiger partial charge in [-0.2, -0.15) is 0 Å². The van der Waals surface area contributed by atoms with Crippen LogP contribution in [0.4, 0.5) is 0 Å². The van der Waals surface area contributed by atoms with Crippen LogP contribution in [0.15, 0.2) is 0 Å². The van der Waals surface area contributed by atoms with Crippen LogP contribution < -0.4 is 0 Å². The van der Waals surface area contributed by atoms with Crippen molar-refractivity contribution in [3.05, 3.63) is 0 Å². The third kappa shape index (κ3) is 16.3. The van der Waals surface area contributed by atoms with Gasteiger partial charge >= 0.3 is 8.25 Å². The van der Waals surface area contributed by atoms with Crippen molar-refractivity contribution in [1.82, 2.24) is 0 Å². The van der Waals surface area contributed by atoms with Gasteiger partial charge in [-0.15, -0.1) is 9.42 Å². The SMILES string of the molecule is CCCCCCCCO[P+](=O)O.[K]. The fourth-order valence-corrected chi connectivity index (χ4v) is 1.31. The van der Waals surface area contributed by atoms with Gasteiger partial charge in [0.1, 0.15) is 6.61 Å². The second-order valence-electron chi connectivity index (χ2n) is 2.84. The maximum Gasteiger partial charge on any atom is 0.694 e. The van der Waals surface area contributed by atoms with Crippen LogP contribution in [0.1, 0.15) is 45.4 Å². The maximum absolute atomic E-state index is 10.1. The van der Waals surface area contributed by atoms with E-state index in [0.29, 0.717) is 6.61 Å². The summed E-state index contributed by atoms with van der Waals surface area (Å²) >= 11 is 0. The quantitative estimate of drug-likeness (QED) is 0.397. The number of hydrogen-bond donors (Lipinski definition) is 1. The molecule has 0 bridgehead atoms. The van der Waals surface area contributed by atoms with Gasteiger partial charge in [0, 0.05) is 55.9 Å². The fourth-order valence-electron chi connectivity index (χ4n) is 1.03. The molecule has 0 spiro atoms. The minimum atomic E-state index is -2.38. The van der Waals surface area contributed by atoms with Gasteiger partial charge in [0.05, 0.1) is 0 Å². The van der Waals surface area contributed by atoms with Crippen molar-refractivity contribution in [1.29, 1.82) is 0 Å². The third-order valence-electron chi connectivity index (χ3n) is 1.70. The van der Waals surface area contributed by atoms with Crippen LogP contribution in [0, 0.1) is 0 Å². The molecule has 0 aromatic carbocycles. The van der Waals surface area contributed by atoms with Gasteiger partial charge in [-0.25, -0.2) is 0 Å². The molecule has 1 unspecified atom stereocenters. The van der Waals surface area contributed by atoms with E-state index in [9.17, 15) is 4.57 Å². The zero-order valence-electron chi connectivity index (χ0n) is 8.66. The Hall–Kier alpha value is 1.66. The molecule has 1 N–H and O–H groups in total. The van der Waals surface area contributed by atoms with Crippen molar-refractivity contribution in [2.45, 2.75) is 45.4 Å². The van der Waals surface area contributed by atoms with E-state index in [4.69, 9.17) is 4.89 Å². The van der Waals surface area contributed by atoms with Gasteiger partial charge in [-0.3, -0.25) is 0 Å². The smallest absolute Gasteiger partial charge is 0.133 e. The molecule has 1 atom stereocenters. The standard InChI is InChI=1S/C8H17O3P.K/c1-2-3-4-5-6-7-8-11-12(9)10;/h2-8H2,1H3;/p+1. The molecule has 0 aromatic heterocycles. The van der Waals surface area contributed by atoms with Gasteiger partial charge in [0.25, 0.3) is 0 Å². The minimum absolute atomic E-state index is 0. The third-order valence-corrected chi connectivity index (χ3v) is 2.10.